The molecular weight excluding hydrogens is 352 g/mol. The quantitative estimate of drug-likeness (QED) is 0.300. The van der Waals surface area contributed by atoms with E-state index in [0.717, 1.165) is 30.3 Å². The summed E-state index contributed by atoms with van der Waals surface area (Å²) in [5, 5.41) is 3.91. The smallest absolute Gasteiger partial charge is 0.145 e. The van der Waals surface area contributed by atoms with Crippen LogP contribution in [-0.4, -0.2) is 9.38 Å². The molecule has 0 aliphatic carbocycles. The third-order valence-corrected chi connectivity index (χ3v) is 5.62. The summed E-state index contributed by atoms with van der Waals surface area (Å²) in [6.07, 6.45) is 4.25. The first-order chi connectivity index (χ1) is 14.1. The average molecular weight is 391 g/mol. The van der Waals surface area contributed by atoms with Crippen molar-refractivity contribution >= 4 is 27.3 Å². The average Bonchev–Trinajstić information content (AvgIpc) is 3.22. The summed E-state index contributed by atoms with van der Waals surface area (Å²) in [4.78, 5) is 4.66. The fourth-order valence-electron chi connectivity index (χ4n) is 3.45. The number of hydrogen-bond acceptors (Lipinski definition) is 1. The van der Waals surface area contributed by atoms with E-state index < -0.39 is 0 Å². The lowest BCUT2D eigenvalue weighted by Gasteiger charge is -2.17. The van der Waals surface area contributed by atoms with Gasteiger partial charge in [0.1, 0.15) is 5.65 Å². The van der Waals surface area contributed by atoms with Gasteiger partial charge in [-0.3, -0.25) is 4.40 Å². The van der Waals surface area contributed by atoms with Crippen molar-refractivity contribution in [1.29, 1.82) is 0 Å². The van der Waals surface area contributed by atoms with Crippen molar-refractivity contribution < 1.29 is 0 Å². The number of fused-ring (bicyclic) bond motifs is 3. The Balaban J connectivity index is 0.000000259. The molecule has 1 aliphatic heterocycles. The van der Waals surface area contributed by atoms with Gasteiger partial charge in [0.25, 0.3) is 0 Å². The highest BCUT2D eigenvalue weighted by molar-refractivity contribution is 6.12. The maximum Gasteiger partial charge on any atom is 0.145 e. The number of aromatic nitrogens is 2. The molecular formula is C27H38N2. The second-order valence-corrected chi connectivity index (χ2v) is 7.76. The predicted molar refractivity (Wildman–Crippen MR) is 130 cm³/mol. The number of nitrogens with zero attached hydrogens (tertiary/aromatic N) is 2. The third-order valence-electron chi connectivity index (χ3n) is 5.62. The van der Waals surface area contributed by atoms with Gasteiger partial charge in [0.15, 0.2) is 0 Å². The lowest BCUT2D eigenvalue weighted by atomic mass is 9.97. The minimum atomic E-state index is 0.852. The van der Waals surface area contributed by atoms with E-state index in [0.29, 0.717) is 0 Å². The van der Waals surface area contributed by atoms with E-state index in [-0.39, 0.29) is 0 Å². The van der Waals surface area contributed by atoms with Gasteiger partial charge in [-0.05, 0) is 35.6 Å². The van der Waals surface area contributed by atoms with Crippen LogP contribution in [-0.2, 0) is 12.8 Å². The Morgan fingerprint density at radius 2 is 1.31 bits per heavy atom. The molecule has 5 rings (SSSR count). The second-order valence-electron chi connectivity index (χ2n) is 7.76. The first kappa shape index (κ1) is 22.9. The van der Waals surface area contributed by atoms with E-state index >= 15 is 0 Å². The van der Waals surface area contributed by atoms with Gasteiger partial charge in [0.2, 0.25) is 0 Å². The van der Waals surface area contributed by atoms with Crippen LogP contribution in [0, 0.1) is 11.8 Å². The first-order valence-corrected chi connectivity index (χ1v) is 11.4. The van der Waals surface area contributed by atoms with E-state index in [1.165, 1.54) is 32.9 Å². The molecule has 0 bridgehead atoms. The zero-order chi connectivity index (χ0) is 21.6. The maximum atomic E-state index is 4.66. The number of hydrogen-bond donors (Lipinski definition) is 0. The van der Waals surface area contributed by atoms with E-state index in [4.69, 9.17) is 0 Å². The van der Waals surface area contributed by atoms with Gasteiger partial charge in [0.05, 0.1) is 5.52 Å². The number of para-hydroxylation sites is 1. The molecule has 0 spiro atoms. The van der Waals surface area contributed by atoms with Gasteiger partial charge in [-0.2, -0.15) is 0 Å². The van der Waals surface area contributed by atoms with Gasteiger partial charge in [-0.25, -0.2) is 4.98 Å². The molecule has 0 N–H and O–H groups in total. The summed E-state index contributed by atoms with van der Waals surface area (Å²) in [6, 6.07) is 15.2. The molecule has 2 nitrogen and oxygen atoms in total. The van der Waals surface area contributed by atoms with Crippen molar-refractivity contribution in [3.63, 3.8) is 0 Å². The molecule has 2 heteroatoms. The molecule has 3 heterocycles. The Morgan fingerprint density at radius 3 is 1.93 bits per heavy atom. The molecule has 2 aromatic heterocycles. The highest BCUT2D eigenvalue weighted by atomic mass is 15.0. The van der Waals surface area contributed by atoms with E-state index in [9.17, 15) is 0 Å². The molecule has 1 aliphatic rings. The molecule has 0 unspecified atom stereocenters. The number of benzene rings is 2. The number of aryl methyl sites for hydroxylation is 2. The Hall–Kier alpha value is -2.35. The predicted octanol–water partition coefficient (Wildman–Crippen LogP) is 8.09. The largest absolute Gasteiger partial charge is 0.296 e. The fraction of sp³-hybridized carbons (Fsp3) is 0.444. The molecule has 0 radical (unpaired) electrons. The van der Waals surface area contributed by atoms with Crippen molar-refractivity contribution in [2.75, 3.05) is 0 Å². The van der Waals surface area contributed by atoms with Crippen molar-refractivity contribution in [2.45, 2.75) is 68.2 Å². The van der Waals surface area contributed by atoms with Crippen molar-refractivity contribution in [3.05, 3.63) is 59.9 Å². The first-order valence-electron chi connectivity index (χ1n) is 11.4. The van der Waals surface area contributed by atoms with Crippen LogP contribution in [0.25, 0.3) is 27.3 Å². The molecule has 4 aromatic rings. The number of rotatable bonds is 1. The minimum absolute atomic E-state index is 0.852. The molecule has 29 heavy (non-hydrogen) atoms. The normalized spacial score (nSPS) is 11.8. The van der Waals surface area contributed by atoms with Crippen LogP contribution >= 0.6 is 0 Å². The summed E-state index contributed by atoms with van der Waals surface area (Å²) in [5.41, 5.74) is 5.24. The molecule has 156 valence electrons. The van der Waals surface area contributed by atoms with E-state index in [2.05, 4.69) is 79.5 Å². The summed E-state index contributed by atoms with van der Waals surface area (Å²) in [7, 11) is 0. The maximum absolute atomic E-state index is 4.66. The summed E-state index contributed by atoms with van der Waals surface area (Å²) >= 11 is 0. The molecule has 0 fully saturated rings. The van der Waals surface area contributed by atoms with E-state index in [1.807, 2.05) is 33.9 Å². The van der Waals surface area contributed by atoms with Crippen LogP contribution in [0.15, 0.2) is 48.7 Å². The fourth-order valence-corrected chi connectivity index (χ4v) is 3.45. The van der Waals surface area contributed by atoms with E-state index in [1.54, 1.807) is 0 Å². The summed E-state index contributed by atoms with van der Waals surface area (Å²) in [5.74, 6) is 1.70. The lowest BCUT2D eigenvalue weighted by Crippen LogP contribution is -2.06. The van der Waals surface area contributed by atoms with Gasteiger partial charge >= 0.3 is 0 Å². The third kappa shape index (κ3) is 4.47. The highest BCUT2D eigenvalue weighted by Crippen LogP contribution is 2.34. The zero-order valence-electron chi connectivity index (χ0n) is 19.6. The van der Waals surface area contributed by atoms with Gasteiger partial charge in [0, 0.05) is 22.7 Å². The Labute approximate surface area is 177 Å². The SMILES string of the molecule is CC.CC.CC(C)C(C)C.c1ccc2c(c1)c1cccc3c1n1c(cnc21)CC3. The minimum Gasteiger partial charge on any atom is -0.296 e. The Morgan fingerprint density at radius 1 is 0.724 bits per heavy atom. The molecule has 0 saturated heterocycles. The van der Waals surface area contributed by atoms with Crippen LogP contribution < -0.4 is 0 Å². The Kier molecular flexibility index (Phi) is 8.25. The molecule has 0 amide bonds. The number of pyridine rings is 1. The second kappa shape index (κ2) is 10.4. The van der Waals surface area contributed by atoms with Crippen LogP contribution in [0.2, 0.25) is 0 Å². The van der Waals surface area contributed by atoms with Gasteiger partial charge in [-0.1, -0.05) is 97.9 Å². The van der Waals surface area contributed by atoms with Crippen LogP contribution in [0.5, 0.6) is 0 Å². The van der Waals surface area contributed by atoms with Crippen LogP contribution in [0.4, 0.5) is 0 Å². The Bertz CT molecular complexity index is 1050. The van der Waals surface area contributed by atoms with Gasteiger partial charge < -0.3 is 0 Å². The topological polar surface area (TPSA) is 17.3 Å². The summed E-state index contributed by atoms with van der Waals surface area (Å²) in [6.45, 7) is 17.0. The van der Waals surface area contributed by atoms with Crippen LogP contribution in [0.3, 0.4) is 0 Å². The monoisotopic (exact) mass is 390 g/mol. The standard InChI is InChI=1S/C17H12N2.C6H14.2C2H6/c1-2-6-15-13(5-1)14-7-3-4-11-8-9-12-10-18-17(15)19(12)16(11)14;1-5(2)6(3)4;2*1-2/h1-7,10H,8-9H2;5-6H,1-4H3;2*1-2H3. The van der Waals surface area contributed by atoms with Gasteiger partial charge in [-0.15, -0.1) is 0 Å². The lowest BCUT2D eigenvalue weighted by molar-refractivity contribution is 0.457. The molecule has 2 aromatic carbocycles. The van der Waals surface area contributed by atoms with Crippen molar-refractivity contribution in [1.82, 2.24) is 9.38 Å². The van der Waals surface area contributed by atoms with Crippen LogP contribution in [0.1, 0.15) is 66.6 Å². The van der Waals surface area contributed by atoms with Crippen molar-refractivity contribution in [2.24, 2.45) is 11.8 Å². The highest BCUT2D eigenvalue weighted by Gasteiger charge is 2.18. The molecule has 0 atom stereocenters. The van der Waals surface area contributed by atoms with Crippen molar-refractivity contribution in [3.8, 4) is 0 Å². The zero-order valence-corrected chi connectivity index (χ0v) is 19.6. The number of imidazole rings is 1. The molecule has 0 saturated carbocycles. The summed E-state index contributed by atoms with van der Waals surface area (Å²) < 4.78 is 2.36.